The van der Waals surface area contributed by atoms with Gasteiger partial charge in [0.25, 0.3) is 0 Å². The van der Waals surface area contributed by atoms with Gasteiger partial charge >= 0.3 is 17.8 Å². The quantitative estimate of drug-likeness (QED) is 0.0643. The second-order valence-electron chi connectivity index (χ2n) is 8.42. The number of rotatable bonds is 13. The van der Waals surface area contributed by atoms with E-state index in [1.165, 1.54) is 0 Å². The molecular formula is C25H31IN5O4S+. The Morgan fingerprint density at radius 2 is 1.78 bits per heavy atom. The number of carbonyl (C=O) groups excluding carboxylic acids is 3. The third-order valence-electron chi connectivity index (χ3n) is 5.42. The number of quaternary nitrogens is 1. The summed E-state index contributed by atoms with van der Waals surface area (Å²) in [5.41, 5.74) is 2.97. The van der Waals surface area contributed by atoms with Gasteiger partial charge in [-0.1, -0.05) is 30.3 Å². The Kier molecular flexibility index (Phi) is 11.1. The summed E-state index contributed by atoms with van der Waals surface area (Å²) in [5.74, 6) is -1.26. The number of imide groups is 1. The van der Waals surface area contributed by atoms with Gasteiger partial charge in [-0.3, -0.25) is 4.84 Å². The molecule has 1 fully saturated rings. The number of anilines is 2. The lowest BCUT2D eigenvalue weighted by atomic mass is 10.2. The summed E-state index contributed by atoms with van der Waals surface area (Å²) in [6.45, 7) is 0.757. The van der Waals surface area contributed by atoms with Crippen LogP contribution in [0.25, 0.3) is 0 Å². The molecule has 1 aliphatic rings. The fourth-order valence-corrected chi connectivity index (χ4v) is 5.13. The van der Waals surface area contributed by atoms with Gasteiger partial charge in [0.2, 0.25) is 0 Å². The van der Waals surface area contributed by atoms with Crippen molar-refractivity contribution in [3.05, 3.63) is 48.5 Å². The Hall–Kier alpha value is -2.51. The number of amides is 2. The fraction of sp³-hybridized carbons (Fsp3) is 0.400. The topological polar surface area (TPSA) is 105 Å². The van der Waals surface area contributed by atoms with Crippen LogP contribution in [0.2, 0.25) is 0 Å². The maximum atomic E-state index is 11.9. The van der Waals surface area contributed by atoms with Crippen LogP contribution in [-0.2, 0) is 19.2 Å². The van der Waals surface area contributed by atoms with E-state index in [1.807, 2.05) is 61.5 Å². The summed E-state index contributed by atoms with van der Waals surface area (Å²) in [5, 5.41) is 12.0. The lowest BCUT2D eigenvalue weighted by Gasteiger charge is -2.13. The zero-order chi connectivity index (χ0) is 25.9. The number of nitrogens with zero attached hydrogens (tertiary/aromatic N) is 3. The van der Waals surface area contributed by atoms with Gasteiger partial charge in [0, 0.05) is 36.9 Å². The van der Waals surface area contributed by atoms with Crippen LogP contribution in [0.15, 0.2) is 63.7 Å². The van der Waals surface area contributed by atoms with Gasteiger partial charge < -0.3 is 10.2 Å². The molecule has 0 spiro atoms. The number of hydrogen-bond acceptors (Lipinski definition) is 9. The lowest BCUT2D eigenvalue weighted by molar-refractivity contribution is -0.934. The number of alkyl halides is 1. The molecule has 3 rings (SSSR count). The highest BCUT2D eigenvalue weighted by atomic mass is 127. The summed E-state index contributed by atoms with van der Waals surface area (Å²) in [7, 11) is 4.00. The van der Waals surface area contributed by atoms with E-state index in [1.54, 1.807) is 11.8 Å². The van der Waals surface area contributed by atoms with Crippen LogP contribution < -0.4 is 15.3 Å². The maximum absolute atomic E-state index is 11.9. The summed E-state index contributed by atoms with van der Waals surface area (Å²) < 4.78 is -0.0819. The molecule has 1 aliphatic heterocycles. The van der Waals surface area contributed by atoms with E-state index in [-0.39, 0.29) is 39.5 Å². The van der Waals surface area contributed by atoms with Gasteiger partial charge in [-0.25, -0.2) is 14.4 Å². The van der Waals surface area contributed by atoms with Crippen molar-refractivity contribution in [1.29, 1.82) is 0 Å². The molecule has 1 heterocycles. The van der Waals surface area contributed by atoms with Crippen molar-refractivity contribution in [3.63, 3.8) is 0 Å². The smallest absolute Gasteiger partial charge is 0.368 e. The fourth-order valence-electron chi connectivity index (χ4n) is 3.46. The number of thioether (sulfide) groups is 1. The normalized spacial score (nSPS) is 14.9. The molecule has 2 aromatic carbocycles. The molecule has 1 atom stereocenters. The highest BCUT2D eigenvalue weighted by molar-refractivity contribution is 14.1. The summed E-state index contributed by atoms with van der Waals surface area (Å²) >= 11 is 3.89. The minimum atomic E-state index is -0.515. The first-order valence-electron chi connectivity index (χ1n) is 11.8. The van der Waals surface area contributed by atoms with Crippen LogP contribution >= 0.6 is 34.4 Å². The molecule has 0 aromatic heterocycles. The second-order valence-corrected chi connectivity index (χ2v) is 11.6. The zero-order valence-corrected chi connectivity index (χ0v) is 23.4. The first kappa shape index (κ1) is 28.1. The number of azo groups is 1. The number of halogens is 1. The largest absolute Gasteiger partial charge is 0.384 e. The third-order valence-corrected chi connectivity index (χ3v) is 7.33. The van der Waals surface area contributed by atoms with Crippen LogP contribution in [0, 0.1) is 0 Å². The van der Waals surface area contributed by atoms with Gasteiger partial charge in [-0.15, -0.1) is 0 Å². The minimum Gasteiger partial charge on any atom is -0.384 e. The molecule has 0 aliphatic carbocycles. The van der Waals surface area contributed by atoms with Crippen molar-refractivity contribution >= 4 is 69.2 Å². The van der Waals surface area contributed by atoms with Gasteiger partial charge in [0.05, 0.1) is 24.9 Å². The second kappa shape index (κ2) is 14.3. The van der Waals surface area contributed by atoms with Gasteiger partial charge in [0.1, 0.15) is 0 Å². The Bertz CT molecular complexity index is 1060. The Labute approximate surface area is 229 Å². The van der Waals surface area contributed by atoms with Crippen LogP contribution in [-0.4, -0.2) is 41.8 Å². The van der Waals surface area contributed by atoms with E-state index in [0.29, 0.717) is 6.42 Å². The molecule has 11 heteroatoms. The highest BCUT2D eigenvalue weighted by Gasteiger charge is 2.39. The molecule has 1 unspecified atom stereocenters. The van der Waals surface area contributed by atoms with Crippen LogP contribution in [0.4, 0.5) is 17.1 Å². The van der Waals surface area contributed by atoms with E-state index in [4.69, 9.17) is 4.84 Å². The summed E-state index contributed by atoms with van der Waals surface area (Å²) in [6.07, 6.45) is 2.80. The van der Waals surface area contributed by atoms with E-state index in [0.717, 1.165) is 41.3 Å². The number of benzene rings is 2. The number of hydroxylamine groups is 2. The predicted molar refractivity (Wildman–Crippen MR) is 149 cm³/mol. The SMILES string of the molecule is CN(C)c1ccc(N=NC(I)Sc2ccccc2NCCCCCC(=O)O[NH+]2C(=O)CCC2=O)cc1. The van der Waals surface area contributed by atoms with Crippen molar-refractivity contribution in [2.75, 3.05) is 30.9 Å². The van der Waals surface area contributed by atoms with Crippen LogP contribution in [0.5, 0.6) is 0 Å². The standard InChI is InChI=1S/C25H30IN5O4S/c1-30(2)19-13-11-18(12-14-19)28-29-25(26)36-21-9-6-5-8-20(21)27-17-7-3-4-10-24(34)35-31-22(32)15-16-23(31)33/h5-6,8-9,11-14,25,27H,3-4,7,10,15-17H2,1-2H3/p+1. The van der Waals surface area contributed by atoms with E-state index in [2.05, 4.69) is 44.2 Å². The highest BCUT2D eigenvalue weighted by Crippen LogP contribution is 2.34. The van der Waals surface area contributed by atoms with E-state index < -0.39 is 5.97 Å². The number of unbranched alkanes of at least 4 members (excludes halogenated alkanes) is 2. The molecule has 36 heavy (non-hydrogen) atoms. The van der Waals surface area contributed by atoms with Crippen molar-refractivity contribution in [1.82, 2.24) is 0 Å². The van der Waals surface area contributed by atoms with Crippen molar-refractivity contribution in [2.24, 2.45) is 10.2 Å². The van der Waals surface area contributed by atoms with Crippen LogP contribution in [0.1, 0.15) is 38.5 Å². The lowest BCUT2D eigenvalue weighted by Crippen LogP contribution is -3.14. The van der Waals surface area contributed by atoms with Gasteiger partial charge in [0.15, 0.2) is 3.38 Å². The number of nitrogens with one attached hydrogen (secondary N) is 2. The van der Waals surface area contributed by atoms with Crippen molar-refractivity contribution in [3.8, 4) is 0 Å². The first-order valence-corrected chi connectivity index (χ1v) is 13.9. The molecular weight excluding hydrogens is 593 g/mol. The predicted octanol–water partition coefficient (Wildman–Crippen LogP) is 4.51. The molecule has 192 valence electrons. The zero-order valence-electron chi connectivity index (χ0n) is 20.4. The van der Waals surface area contributed by atoms with E-state index in [9.17, 15) is 14.4 Å². The number of hydrogen-bond donors (Lipinski definition) is 2. The molecule has 0 radical (unpaired) electrons. The first-order chi connectivity index (χ1) is 17.3. The average Bonchev–Trinajstić information content (AvgIpc) is 3.18. The maximum Gasteiger partial charge on any atom is 0.368 e. The number of carbonyl (C=O) groups is 3. The van der Waals surface area contributed by atoms with Crippen molar-refractivity contribution in [2.45, 2.75) is 46.8 Å². The van der Waals surface area contributed by atoms with Crippen LogP contribution in [0.3, 0.4) is 0 Å². The van der Waals surface area contributed by atoms with Gasteiger partial charge in [-0.2, -0.15) is 10.2 Å². The molecule has 2 N–H and O–H groups in total. The summed E-state index contributed by atoms with van der Waals surface area (Å²) in [4.78, 5) is 43.1. The average molecular weight is 625 g/mol. The Morgan fingerprint density at radius 1 is 1.08 bits per heavy atom. The Morgan fingerprint density at radius 3 is 2.47 bits per heavy atom. The Balaban J connectivity index is 1.38. The molecule has 0 bridgehead atoms. The monoisotopic (exact) mass is 624 g/mol. The molecule has 2 amide bonds. The van der Waals surface area contributed by atoms with Gasteiger partial charge in [-0.05, 0) is 76.9 Å². The molecule has 1 saturated heterocycles. The molecule has 0 saturated carbocycles. The molecule has 2 aromatic rings. The van der Waals surface area contributed by atoms with E-state index >= 15 is 0 Å². The van der Waals surface area contributed by atoms with Crippen molar-refractivity contribution < 1.29 is 24.3 Å². The minimum absolute atomic E-state index is 0.0819. The number of para-hydroxylation sites is 1. The summed E-state index contributed by atoms with van der Waals surface area (Å²) in [6, 6.07) is 16.0. The third kappa shape index (κ3) is 8.86. The molecule has 9 nitrogen and oxygen atoms in total.